The Balaban J connectivity index is 1.64. The summed E-state index contributed by atoms with van der Waals surface area (Å²) in [5, 5.41) is 2.93. The number of rotatable bonds is 5. The van der Waals surface area contributed by atoms with Crippen molar-refractivity contribution in [3.8, 4) is 5.75 Å². The summed E-state index contributed by atoms with van der Waals surface area (Å²) in [6, 6.07) is 16.3. The van der Waals surface area contributed by atoms with Crippen molar-refractivity contribution in [1.82, 2.24) is 5.32 Å². The van der Waals surface area contributed by atoms with Crippen LogP contribution in [0, 0.1) is 0 Å². The lowest BCUT2D eigenvalue weighted by Crippen LogP contribution is -2.37. The fourth-order valence-electron chi connectivity index (χ4n) is 2.80. The van der Waals surface area contributed by atoms with Gasteiger partial charge in [0.2, 0.25) is 5.91 Å². The molecule has 0 bridgehead atoms. The molecule has 1 atom stereocenters. The topological polar surface area (TPSA) is 58.6 Å². The molecule has 1 aliphatic rings. The van der Waals surface area contributed by atoms with Crippen LogP contribution in [0.3, 0.4) is 0 Å². The van der Waals surface area contributed by atoms with Crippen molar-refractivity contribution in [3.63, 3.8) is 0 Å². The fraction of sp³-hybridized carbons (Fsp3) is 0.263. The molecule has 2 amide bonds. The zero-order valence-corrected chi connectivity index (χ0v) is 13.6. The van der Waals surface area contributed by atoms with Gasteiger partial charge in [-0.1, -0.05) is 18.2 Å². The minimum Gasteiger partial charge on any atom is -0.494 e. The van der Waals surface area contributed by atoms with Crippen LogP contribution in [0.15, 0.2) is 54.6 Å². The maximum absolute atomic E-state index is 12.3. The second-order valence-corrected chi connectivity index (χ2v) is 5.67. The number of ether oxygens (including phenoxy) is 1. The van der Waals surface area contributed by atoms with E-state index in [-0.39, 0.29) is 17.9 Å². The number of carbonyl (C=O) groups is 2. The molecule has 1 heterocycles. The van der Waals surface area contributed by atoms with E-state index in [0.29, 0.717) is 25.1 Å². The lowest BCUT2D eigenvalue weighted by atomic mass is 10.2. The van der Waals surface area contributed by atoms with Gasteiger partial charge < -0.3 is 15.0 Å². The Morgan fingerprint density at radius 3 is 2.54 bits per heavy atom. The molecule has 1 saturated heterocycles. The third-order valence-electron chi connectivity index (χ3n) is 3.96. The van der Waals surface area contributed by atoms with Crippen molar-refractivity contribution in [2.24, 2.45) is 0 Å². The summed E-state index contributed by atoms with van der Waals surface area (Å²) in [7, 11) is 0. The third kappa shape index (κ3) is 3.56. The summed E-state index contributed by atoms with van der Waals surface area (Å²) >= 11 is 0. The van der Waals surface area contributed by atoms with Crippen LogP contribution in [0.1, 0.15) is 23.7 Å². The normalized spacial score (nSPS) is 17.0. The predicted molar refractivity (Wildman–Crippen MR) is 92.3 cm³/mol. The van der Waals surface area contributed by atoms with Gasteiger partial charge >= 0.3 is 0 Å². The van der Waals surface area contributed by atoms with Crippen molar-refractivity contribution in [2.75, 3.05) is 18.1 Å². The highest BCUT2D eigenvalue weighted by Crippen LogP contribution is 2.24. The number of nitrogens with zero attached hydrogens (tertiary/aromatic N) is 1. The molecule has 0 radical (unpaired) electrons. The first-order valence-electron chi connectivity index (χ1n) is 8.06. The number of nitrogens with one attached hydrogen (secondary N) is 1. The fourth-order valence-corrected chi connectivity index (χ4v) is 2.80. The van der Waals surface area contributed by atoms with Gasteiger partial charge in [0.15, 0.2) is 0 Å². The summed E-state index contributed by atoms with van der Waals surface area (Å²) in [6.07, 6.45) is 0.311. The summed E-state index contributed by atoms with van der Waals surface area (Å²) in [6.45, 7) is 3.01. The Morgan fingerprint density at radius 1 is 1.17 bits per heavy atom. The Bertz CT molecular complexity index is 713. The standard InChI is InChI=1S/C19H20N2O3/c1-2-24-17-10-8-16(9-11-17)21-13-15(12-18(21)22)20-19(23)14-6-4-3-5-7-14/h3-11,15H,2,12-13H2,1H3,(H,20,23)/t15-/m1/s1. The number of hydrogen-bond acceptors (Lipinski definition) is 3. The highest BCUT2D eigenvalue weighted by Gasteiger charge is 2.31. The van der Waals surface area contributed by atoms with Crippen LogP contribution >= 0.6 is 0 Å². The van der Waals surface area contributed by atoms with Crippen molar-refractivity contribution in [2.45, 2.75) is 19.4 Å². The zero-order chi connectivity index (χ0) is 16.9. The van der Waals surface area contributed by atoms with Crippen LogP contribution in [-0.2, 0) is 4.79 Å². The molecule has 124 valence electrons. The van der Waals surface area contributed by atoms with E-state index in [0.717, 1.165) is 11.4 Å². The van der Waals surface area contributed by atoms with Crippen LogP contribution in [0.5, 0.6) is 5.75 Å². The van der Waals surface area contributed by atoms with Crippen LogP contribution in [-0.4, -0.2) is 31.0 Å². The summed E-state index contributed by atoms with van der Waals surface area (Å²) in [5.41, 5.74) is 1.42. The molecule has 1 N–H and O–H groups in total. The van der Waals surface area contributed by atoms with Gasteiger partial charge in [-0.2, -0.15) is 0 Å². The van der Waals surface area contributed by atoms with Crippen LogP contribution in [0.4, 0.5) is 5.69 Å². The molecule has 0 aromatic heterocycles. The second-order valence-electron chi connectivity index (χ2n) is 5.67. The lowest BCUT2D eigenvalue weighted by molar-refractivity contribution is -0.117. The summed E-state index contributed by atoms with van der Waals surface area (Å²) in [4.78, 5) is 26.2. The van der Waals surface area contributed by atoms with Gasteiger partial charge in [-0.05, 0) is 43.3 Å². The van der Waals surface area contributed by atoms with E-state index in [2.05, 4.69) is 5.32 Å². The maximum atomic E-state index is 12.3. The predicted octanol–water partition coefficient (Wildman–Crippen LogP) is 2.62. The number of carbonyl (C=O) groups excluding carboxylic acids is 2. The van der Waals surface area contributed by atoms with Crippen molar-refractivity contribution in [1.29, 1.82) is 0 Å². The van der Waals surface area contributed by atoms with Gasteiger partial charge in [-0.15, -0.1) is 0 Å². The quantitative estimate of drug-likeness (QED) is 0.920. The smallest absolute Gasteiger partial charge is 0.251 e. The minimum atomic E-state index is -0.184. The molecule has 5 heteroatoms. The van der Waals surface area contributed by atoms with Gasteiger partial charge in [0.1, 0.15) is 5.75 Å². The molecule has 0 aliphatic carbocycles. The second kappa shape index (κ2) is 7.17. The maximum Gasteiger partial charge on any atom is 0.251 e. The lowest BCUT2D eigenvalue weighted by Gasteiger charge is -2.17. The van der Waals surface area contributed by atoms with Gasteiger partial charge in [-0.25, -0.2) is 0 Å². The first kappa shape index (κ1) is 16.1. The van der Waals surface area contributed by atoms with E-state index >= 15 is 0 Å². The highest BCUT2D eigenvalue weighted by atomic mass is 16.5. The Hall–Kier alpha value is -2.82. The molecule has 0 saturated carbocycles. The van der Waals surface area contributed by atoms with Crippen molar-refractivity contribution < 1.29 is 14.3 Å². The number of hydrogen-bond donors (Lipinski definition) is 1. The van der Waals surface area contributed by atoms with E-state index in [4.69, 9.17) is 4.74 Å². The average Bonchev–Trinajstić information content (AvgIpc) is 2.97. The monoisotopic (exact) mass is 324 g/mol. The Labute approximate surface area is 141 Å². The molecule has 2 aromatic rings. The zero-order valence-electron chi connectivity index (χ0n) is 13.6. The molecule has 3 rings (SSSR count). The van der Waals surface area contributed by atoms with Gasteiger partial charge in [0, 0.05) is 24.2 Å². The third-order valence-corrected chi connectivity index (χ3v) is 3.96. The van der Waals surface area contributed by atoms with E-state index in [9.17, 15) is 9.59 Å². The van der Waals surface area contributed by atoms with Crippen LogP contribution in [0.2, 0.25) is 0 Å². The molecule has 5 nitrogen and oxygen atoms in total. The summed E-state index contributed by atoms with van der Waals surface area (Å²) < 4.78 is 5.41. The molecule has 0 spiro atoms. The molecule has 24 heavy (non-hydrogen) atoms. The number of amides is 2. The van der Waals surface area contributed by atoms with E-state index in [1.54, 1.807) is 17.0 Å². The van der Waals surface area contributed by atoms with Crippen LogP contribution < -0.4 is 15.0 Å². The summed E-state index contributed by atoms with van der Waals surface area (Å²) in [5.74, 6) is 0.640. The Kier molecular flexibility index (Phi) is 4.79. The van der Waals surface area contributed by atoms with E-state index < -0.39 is 0 Å². The first-order chi connectivity index (χ1) is 11.7. The van der Waals surface area contributed by atoms with Gasteiger partial charge in [0.05, 0.1) is 12.6 Å². The SMILES string of the molecule is CCOc1ccc(N2C[C@H](NC(=O)c3ccccc3)CC2=O)cc1. The average molecular weight is 324 g/mol. The van der Waals surface area contributed by atoms with Crippen molar-refractivity contribution >= 4 is 17.5 Å². The van der Waals surface area contributed by atoms with Gasteiger partial charge in [-0.3, -0.25) is 9.59 Å². The molecule has 1 aliphatic heterocycles. The first-order valence-corrected chi connectivity index (χ1v) is 8.06. The number of benzene rings is 2. The highest BCUT2D eigenvalue weighted by molar-refractivity contribution is 5.98. The van der Waals surface area contributed by atoms with E-state index in [1.165, 1.54) is 0 Å². The van der Waals surface area contributed by atoms with Crippen LogP contribution in [0.25, 0.3) is 0 Å². The van der Waals surface area contributed by atoms with Gasteiger partial charge in [0.25, 0.3) is 5.91 Å². The molecule has 0 unspecified atom stereocenters. The van der Waals surface area contributed by atoms with E-state index in [1.807, 2.05) is 49.4 Å². The molecular formula is C19H20N2O3. The molecule has 1 fully saturated rings. The molecular weight excluding hydrogens is 304 g/mol. The Morgan fingerprint density at radius 2 is 1.88 bits per heavy atom. The van der Waals surface area contributed by atoms with Crippen molar-refractivity contribution in [3.05, 3.63) is 60.2 Å². The number of anilines is 1. The largest absolute Gasteiger partial charge is 0.494 e. The minimum absolute atomic E-state index is 0.0116. The molecule has 2 aromatic carbocycles.